The van der Waals surface area contributed by atoms with Gasteiger partial charge in [-0.3, -0.25) is 4.79 Å². The van der Waals surface area contributed by atoms with Crippen molar-refractivity contribution in [3.8, 4) is 6.07 Å². The number of nitrogens with zero attached hydrogens (tertiary/aromatic N) is 3. The molecule has 2 heterocycles. The molecule has 0 aliphatic carbocycles. The van der Waals surface area contributed by atoms with Crippen molar-refractivity contribution in [2.45, 2.75) is 12.8 Å². The predicted octanol–water partition coefficient (Wildman–Crippen LogP) is 4.22. The van der Waals surface area contributed by atoms with Crippen LogP contribution in [0.5, 0.6) is 0 Å². The van der Waals surface area contributed by atoms with Crippen molar-refractivity contribution in [2.24, 2.45) is 5.92 Å². The molecule has 7 heteroatoms. The first-order valence-electron chi connectivity index (χ1n) is 7.94. The predicted molar refractivity (Wildman–Crippen MR) is 102 cm³/mol. The van der Waals surface area contributed by atoms with E-state index in [-0.39, 0.29) is 11.8 Å². The standard InChI is InChI=1S/C18H16BrClN4O/c19-14-4-5-16(22-11-14)23-18(25)12-6-8-24(9-7-12)17-13(10-21)2-1-3-15(17)20/h1-5,11-12H,6-9H2,(H,22,23,25). The van der Waals surface area contributed by atoms with Crippen LogP contribution in [-0.4, -0.2) is 24.0 Å². The minimum absolute atomic E-state index is 0.0193. The maximum absolute atomic E-state index is 12.4. The fourth-order valence-corrected chi connectivity index (χ4v) is 3.50. The Labute approximate surface area is 159 Å². The van der Waals surface area contributed by atoms with Gasteiger partial charge in [0.1, 0.15) is 11.9 Å². The number of nitrogens with one attached hydrogen (secondary N) is 1. The second-order valence-corrected chi connectivity index (χ2v) is 7.18. The van der Waals surface area contributed by atoms with Gasteiger partial charge in [0.2, 0.25) is 5.91 Å². The summed E-state index contributed by atoms with van der Waals surface area (Å²) in [5.41, 5.74) is 1.33. The average Bonchev–Trinajstić information content (AvgIpc) is 2.63. The molecule has 0 atom stereocenters. The first kappa shape index (κ1) is 17.7. The van der Waals surface area contributed by atoms with Gasteiger partial charge in [-0.2, -0.15) is 5.26 Å². The number of carbonyl (C=O) groups is 1. The molecule has 0 bridgehead atoms. The fraction of sp³-hybridized carbons (Fsp3) is 0.278. The third-order valence-electron chi connectivity index (χ3n) is 4.27. The Balaban J connectivity index is 1.63. The third kappa shape index (κ3) is 4.12. The number of carbonyl (C=O) groups excluding carboxylic acids is 1. The van der Waals surface area contributed by atoms with E-state index in [1.54, 1.807) is 30.5 Å². The van der Waals surface area contributed by atoms with Crippen molar-refractivity contribution >= 4 is 44.9 Å². The molecule has 0 saturated carbocycles. The molecule has 0 radical (unpaired) electrons. The highest BCUT2D eigenvalue weighted by atomic mass is 79.9. The topological polar surface area (TPSA) is 69.0 Å². The number of piperidine rings is 1. The Kier molecular flexibility index (Phi) is 5.57. The summed E-state index contributed by atoms with van der Waals surface area (Å²) < 4.78 is 0.867. The Hall–Kier alpha value is -2.10. The lowest BCUT2D eigenvalue weighted by molar-refractivity contribution is -0.120. The van der Waals surface area contributed by atoms with E-state index in [9.17, 15) is 10.1 Å². The molecule has 1 aromatic heterocycles. The van der Waals surface area contributed by atoms with Crippen LogP contribution < -0.4 is 10.2 Å². The number of nitriles is 1. The molecule has 0 unspecified atom stereocenters. The molecular weight excluding hydrogens is 404 g/mol. The van der Waals surface area contributed by atoms with Crippen LogP contribution in [0.2, 0.25) is 5.02 Å². The zero-order chi connectivity index (χ0) is 17.8. The maximum Gasteiger partial charge on any atom is 0.228 e. The zero-order valence-electron chi connectivity index (χ0n) is 13.4. The zero-order valence-corrected chi connectivity index (χ0v) is 15.7. The van der Waals surface area contributed by atoms with Crippen molar-refractivity contribution in [2.75, 3.05) is 23.3 Å². The van der Waals surface area contributed by atoms with Crippen LogP contribution in [0.4, 0.5) is 11.5 Å². The molecule has 25 heavy (non-hydrogen) atoms. The highest BCUT2D eigenvalue weighted by Gasteiger charge is 2.27. The lowest BCUT2D eigenvalue weighted by atomic mass is 9.95. The quantitative estimate of drug-likeness (QED) is 0.808. The summed E-state index contributed by atoms with van der Waals surface area (Å²) in [4.78, 5) is 18.7. The van der Waals surface area contributed by atoms with E-state index in [1.165, 1.54) is 0 Å². The molecule has 1 amide bonds. The summed E-state index contributed by atoms with van der Waals surface area (Å²) in [5.74, 6) is 0.456. The average molecular weight is 420 g/mol. The molecule has 1 N–H and O–H groups in total. The highest BCUT2D eigenvalue weighted by molar-refractivity contribution is 9.10. The van der Waals surface area contributed by atoms with Gasteiger partial charge < -0.3 is 10.2 Å². The van der Waals surface area contributed by atoms with E-state index in [0.717, 1.165) is 10.2 Å². The fourth-order valence-electron chi connectivity index (χ4n) is 2.97. The molecule has 128 valence electrons. The van der Waals surface area contributed by atoms with Crippen molar-refractivity contribution in [3.05, 3.63) is 51.6 Å². The van der Waals surface area contributed by atoms with Crippen LogP contribution in [0.25, 0.3) is 0 Å². The summed E-state index contributed by atoms with van der Waals surface area (Å²) in [6.07, 6.45) is 3.07. The number of hydrogen-bond donors (Lipinski definition) is 1. The second-order valence-electron chi connectivity index (χ2n) is 5.86. The first-order valence-corrected chi connectivity index (χ1v) is 9.11. The first-order chi connectivity index (χ1) is 12.1. The molecule has 1 aliphatic rings. The lowest BCUT2D eigenvalue weighted by Crippen LogP contribution is -2.38. The minimum Gasteiger partial charge on any atom is -0.369 e. The summed E-state index contributed by atoms with van der Waals surface area (Å²) in [7, 11) is 0. The number of anilines is 2. The van der Waals surface area contributed by atoms with Crippen LogP contribution >= 0.6 is 27.5 Å². The van der Waals surface area contributed by atoms with Crippen LogP contribution in [0.15, 0.2) is 41.0 Å². The molecule has 2 aromatic rings. The van der Waals surface area contributed by atoms with Gasteiger partial charge in [0, 0.05) is 29.7 Å². The summed E-state index contributed by atoms with van der Waals surface area (Å²) in [5, 5.41) is 12.7. The monoisotopic (exact) mass is 418 g/mol. The van der Waals surface area contributed by atoms with Crippen LogP contribution in [0.3, 0.4) is 0 Å². The second kappa shape index (κ2) is 7.85. The smallest absolute Gasteiger partial charge is 0.228 e. The normalized spacial score (nSPS) is 14.8. The van der Waals surface area contributed by atoms with E-state index in [1.807, 2.05) is 6.07 Å². The van der Waals surface area contributed by atoms with Crippen LogP contribution in [0, 0.1) is 17.2 Å². The van der Waals surface area contributed by atoms with Gasteiger partial charge in [-0.1, -0.05) is 17.7 Å². The lowest BCUT2D eigenvalue weighted by Gasteiger charge is -2.33. The van der Waals surface area contributed by atoms with E-state index in [0.29, 0.717) is 42.3 Å². The maximum atomic E-state index is 12.4. The van der Waals surface area contributed by atoms with Crippen molar-refractivity contribution in [1.82, 2.24) is 4.98 Å². The Morgan fingerprint density at radius 1 is 1.32 bits per heavy atom. The van der Waals surface area contributed by atoms with Gasteiger partial charge in [0.15, 0.2) is 0 Å². The van der Waals surface area contributed by atoms with E-state index >= 15 is 0 Å². The summed E-state index contributed by atoms with van der Waals surface area (Å²) in [6, 6.07) is 11.1. The Morgan fingerprint density at radius 3 is 2.72 bits per heavy atom. The molecule has 0 spiro atoms. The van der Waals surface area contributed by atoms with E-state index in [2.05, 4.69) is 37.2 Å². The number of aromatic nitrogens is 1. The number of hydrogen-bond acceptors (Lipinski definition) is 4. The molecule has 1 fully saturated rings. The Morgan fingerprint density at radius 2 is 2.08 bits per heavy atom. The van der Waals surface area contributed by atoms with Gasteiger partial charge in [0.05, 0.1) is 16.3 Å². The molecular formula is C18H16BrClN4O. The van der Waals surface area contributed by atoms with Gasteiger partial charge in [-0.25, -0.2) is 4.98 Å². The van der Waals surface area contributed by atoms with E-state index in [4.69, 9.17) is 11.6 Å². The highest BCUT2D eigenvalue weighted by Crippen LogP contribution is 2.33. The number of rotatable bonds is 3. The van der Waals surface area contributed by atoms with Crippen LogP contribution in [-0.2, 0) is 4.79 Å². The summed E-state index contributed by atoms with van der Waals surface area (Å²) >= 11 is 9.60. The molecule has 1 saturated heterocycles. The molecule has 5 nitrogen and oxygen atoms in total. The van der Waals surface area contributed by atoms with Gasteiger partial charge in [0.25, 0.3) is 0 Å². The summed E-state index contributed by atoms with van der Waals surface area (Å²) in [6.45, 7) is 1.37. The van der Waals surface area contributed by atoms with Crippen molar-refractivity contribution in [3.63, 3.8) is 0 Å². The largest absolute Gasteiger partial charge is 0.369 e. The van der Waals surface area contributed by atoms with Gasteiger partial charge in [-0.15, -0.1) is 0 Å². The molecule has 1 aromatic carbocycles. The van der Waals surface area contributed by atoms with Gasteiger partial charge in [-0.05, 0) is 53.0 Å². The van der Waals surface area contributed by atoms with E-state index < -0.39 is 0 Å². The SMILES string of the molecule is N#Cc1cccc(Cl)c1N1CCC(C(=O)Nc2ccc(Br)cn2)CC1. The number of pyridine rings is 1. The third-order valence-corrected chi connectivity index (χ3v) is 5.04. The Bertz CT molecular complexity index is 811. The van der Waals surface area contributed by atoms with Gasteiger partial charge >= 0.3 is 0 Å². The number of halogens is 2. The number of benzene rings is 1. The number of amides is 1. The number of para-hydroxylation sites is 1. The van der Waals surface area contributed by atoms with Crippen molar-refractivity contribution in [1.29, 1.82) is 5.26 Å². The minimum atomic E-state index is -0.0743. The molecule has 3 rings (SSSR count). The van der Waals surface area contributed by atoms with Crippen LogP contribution in [0.1, 0.15) is 18.4 Å². The molecule has 1 aliphatic heterocycles. The van der Waals surface area contributed by atoms with Crippen molar-refractivity contribution < 1.29 is 4.79 Å².